The van der Waals surface area contributed by atoms with Crippen LogP contribution in [0, 0.1) is 13.8 Å². The number of carbonyl (C=O) groups is 1. The molecule has 0 radical (unpaired) electrons. The second kappa shape index (κ2) is 5.21. The number of furan rings is 1. The second-order valence-electron chi connectivity index (χ2n) is 4.63. The van der Waals surface area contributed by atoms with Crippen LogP contribution < -0.4 is 9.84 Å². The number of benzene rings is 1. The molecule has 0 N–H and O–H groups in total. The third-order valence-electron chi connectivity index (χ3n) is 3.25. The van der Waals surface area contributed by atoms with E-state index in [2.05, 4.69) is 4.98 Å². The van der Waals surface area contributed by atoms with E-state index in [1.807, 2.05) is 6.92 Å². The molecule has 5 nitrogen and oxygen atoms in total. The SMILES string of the molecule is Cc1ncsc1COc1ccc2oc(C)c(C(=O)[O-])c2c1. The lowest BCUT2D eigenvalue weighted by atomic mass is 10.1. The van der Waals surface area contributed by atoms with Crippen LogP contribution in [0.3, 0.4) is 0 Å². The average molecular weight is 302 g/mol. The summed E-state index contributed by atoms with van der Waals surface area (Å²) in [5.74, 6) is -0.333. The standard InChI is InChI=1S/C15H13NO4S/c1-8-13(21-7-16-8)6-19-10-3-4-12-11(5-10)14(15(17)18)9(2)20-12/h3-5,7H,6H2,1-2H3,(H,17,18)/p-1. The minimum absolute atomic E-state index is 0.0735. The van der Waals surface area contributed by atoms with Gasteiger partial charge < -0.3 is 19.1 Å². The van der Waals surface area contributed by atoms with Gasteiger partial charge in [0.25, 0.3) is 0 Å². The zero-order valence-corrected chi connectivity index (χ0v) is 12.3. The van der Waals surface area contributed by atoms with Crippen LogP contribution in [0.2, 0.25) is 0 Å². The van der Waals surface area contributed by atoms with Gasteiger partial charge in [0.1, 0.15) is 23.7 Å². The minimum atomic E-state index is -1.25. The molecule has 2 aromatic heterocycles. The largest absolute Gasteiger partial charge is 0.545 e. The van der Waals surface area contributed by atoms with Crippen molar-refractivity contribution < 1.29 is 19.1 Å². The minimum Gasteiger partial charge on any atom is -0.545 e. The first-order chi connectivity index (χ1) is 10.1. The summed E-state index contributed by atoms with van der Waals surface area (Å²) in [4.78, 5) is 16.4. The summed E-state index contributed by atoms with van der Waals surface area (Å²) in [5, 5.41) is 11.7. The molecule has 0 fully saturated rings. The van der Waals surface area contributed by atoms with Gasteiger partial charge in [-0.05, 0) is 32.0 Å². The summed E-state index contributed by atoms with van der Waals surface area (Å²) >= 11 is 1.53. The molecule has 0 aliphatic rings. The molecule has 0 bridgehead atoms. The summed E-state index contributed by atoms with van der Waals surface area (Å²) in [6.07, 6.45) is 0. The quantitative estimate of drug-likeness (QED) is 0.740. The Balaban J connectivity index is 1.91. The fourth-order valence-electron chi connectivity index (χ4n) is 2.16. The van der Waals surface area contributed by atoms with E-state index in [1.165, 1.54) is 11.3 Å². The van der Waals surface area contributed by atoms with Crippen molar-refractivity contribution in [1.82, 2.24) is 4.98 Å². The molecule has 2 heterocycles. The molecule has 0 saturated heterocycles. The third kappa shape index (κ3) is 2.50. The van der Waals surface area contributed by atoms with Gasteiger partial charge in [-0.3, -0.25) is 0 Å². The summed E-state index contributed by atoms with van der Waals surface area (Å²) < 4.78 is 11.1. The normalized spacial score (nSPS) is 11.0. The van der Waals surface area contributed by atoms with Crippen molar-refractivity contribution in [1.29, 1.82) is 0 Å². The van der Waals surface area contributed by atoms with E-state index in [-0.39, 0.29) is 5.56 Å². The van der Waals surface area contributed by atoms with Crippen molar-refractivity contribution >= 4 is 28.3 Å². The lowest BCUT2D eigenvalue weighted by molar-refractivity contribution is -0.254. The molecule has 0 amide bonds. The van der Waals surface area contributed by atoms with Gasteiger partial charge in [0.15, 0.2) is 0 Å². The van der Waals surface area contributed by atoms with Crippen LogP contribution in [0.25, 0.3) is 11.0 Å². The van der Waals surface area contributed by atoms with Gasteiger partial charge in [-0.1, -0.05) is 0 Å². The van der Waals surface area contributed by atoms with Crippen molar-refractivity contribution in [3.05, 3.63) is 45.6 Å². The lowest BCUT2D eigenvalue weighted by Gasteiger charge is -2.06. The van der Waals surface area contributed by atoms with E-state index < -0.39 is 5.97 Å². The van der Waals surface area contributed by atoms with Gasteiger partial charge in [0.05, 0.1) is 22.1 Å². The predicted octanol–water partition coefficient (Wildman–Crippen LogP) is 2.45. The van der Waals surface area contributed by atoms with Gasteiger partial charge in [-0.2, -0.15) is 0 Å². The topological polar surface area (TPSA) is 75.4 Å². The molecular weight excluding hydrogens is 290 g/mol. The summed E-state index contributed by atoms with van der Waals surface area (Å²) in [7, 11) is 0. The van der Waals surface area contributed by atoms with E-state index in [1.54, 1.807) is 30.6 Å². The number of hydrogen-bond donors (Lipinski definition) is 0. The molecule has 0 atom stereocenters. The Bertz CT molecular complexity index is 818. The van der Waals surface area contributed by atoms with Crippen molar-refractivity contribution in [2.75, 3.05) is 0 Å². The molecule has 3 rings (SSSR count). The summed E-state index contributed by atoms with van der Waals surface area (Å²) in [6.45, 7) is 3.93. The van der Waals surface area contributed by atoms with Gasteiger partial charge >= 0.3 is 0 Å². The molecule has 1 aromatic carbocycles. The lowest BCUT2D eigenvalue weighted by Crippen LogP contribution is -2.22. The highest BCUT2D eigenvalue weighted by molar-refractivity contribution is 7.09. The van der Waals surface area contributed by atoms with Gasteiger partial charge in [0, 0.05) is 10.9 Å². The van der Waals surface area contributed by atoms with Crippen LogP contribution in [0.5, 0.6) is 5.75 Å². The predicted molar refractivity (Wildman–Crippen MR) is 76.5 cm³/mol. The summed E-state index contributed by atoms with van der Waals surface area (Å²) in [5.41, 5.74) is 3.29. The van der Waals surface area contributed by atoms with Crippen LogP contribution in [0.15, 0.2) is 28.1 Å². The van der Waals surface area contributed by atoms with Gasteiger partial charge in [-0.25, -0.2) is 4.98 Å². The number of carboxylic acid groups (broad SMARTS) is 1. The van der Waals surface area contributed by atoms with E-state index >= 15 is 0 Å². The molecule has 0 spiro atoms. The van der Waals surface area contributed by atoms with Crippen LogP contribution in [-0.2, 0) is 6.61 Å². The van der Waals surface area contributed by atoms with E-state index in [0.29, 0.717) is 29.1 Å². The van der Waals surface area contributed by atoms with E-state index in [4.69, 9.17) is 9.15 Å². The molecule has 3 aromatic rings. The number of aryl methyl sites for hydroxylation is 2. The Morgan fingerprint density at radius 2 is 2.24 bits per heavy atom. The molecular formula is C15H12NO4S-. The highest BCUT2D eigenvalue weighted by Gasteiger charge is 2.13. The van der Waals surface area contributed by atoms with Crippen LogP contribution in [-0.4, -0.2) is 11.0 Å². The Labute approximate surface area is 124 Å². The first-order valence-corrected chi connectivity index (χ1v) is 7.20. The highest BCUT2D eigenvalue weighted by Crippen LogP contribution is 2.29. The Morgan fingerprint density at radius 3 is 2.90 bits per heavy atom. The number of fused-ring (bicyclic) bond motifs is 1. The van der Waals surface area contributed by atoms with Crippen molar-refractivity contribution in [2.24, 2.45) is 0 Å². The van der Waals surface area contributed by atoms with Crippen molar-refractivity contribution in [2.45, 2.75) is 20.5 Å². The number of rotatable bonds is 4. The number of ether oxygens (including phenoxy) is 1. The molecule has 0 aliphatic carbocycles. The fourth-order valence-corrected chi connectivity index (χ4v) is 2.84. The Morgan fingerprint density at radius 1 is 1.43 bits per heavy atom. The number of carboxylic acids is 1. The number of carbonyl (C=O) groups excluding carboxylic acids is 1. The Hall–Kier alpha value is -2.34. The molecule has 6 heteroatoms. The number of thiazole rings is 1. The first kappa shape index (κ1) is 13.6. The smallest absolute Gasteiger partial charge is 0.135 e. The van der Waals surface area contributed by atoms with Gasteiger partial charge in [-0.15, -0.1) is 11.3 Å². The number of aromatic carboxylic acids is 1. The number of aromatic nitrogens is 1. The maximum absolute atomic E-state index is 11.2. The second-order valence-corrected chi connectivity index (χ2v) is 5.57. The Kier molecular flexibility index (Phi) is 3.39. The zero-order valence-electron chi connectivity index (χ0n) is 11.5. The van der Waals surface area contributed by atoms with Crippen LogP contribution in [0.4, 0.5) is 0 Å². The third-order valence-corrected chi connectivity index (χ3v) is 4.16. The average Bonchev–Trinajstić information content (AvgIpc) is 2.98. The summed E-state index contributed by atoms with van der Waals surface area (Å²) in [6, 6.07) is 5.11. The fraction of sp³-hybridized carbons (Fsp3) is 0.200. The number of hydrogen-bond acceptors (Lipinski definition) is 6. The molecule has 108 valence electrons. The zero-order chi connectivity index (χ0) is 15.0. The molecule has 0 unspecified atom stereocenters. The molecule has 21 heavy (non-hydrogen) atoms. The van der Waals surface area contributed by atoms with Gasteiger partial charge in [0.2, 0.25) is 0 Å². The van der Waals surface area contributed by atoms with E-state index in [9.17, 15) is 9.90 Å². The van der Waals surface area contributed by atoms with Crippen LogP contribution in [0.1, 0.15) is 26.7 Å². The highest BCUT2D eigenvalue weighted by atomic mass is 32.1. The number of nitrogens with zero attached hydrogens (tertiary/aromatic N) is 1. The monoisotopic (exact) mass is 302 g/mol. The van der Waals surface area contributed by atoms with Crippen molar-refractivity contribution in [3.8, 4) is 5.75 Å². The van der Waals surface area contributed by atoms with Crippen LogP contribution >= 0.6 is 11.3 Å². The molecule has 0 saturated carbocycles. The van der Waals surface area contributed by atoms with Crippen molar-refractivity contribution in [3.63, 3.8) is 0 Å². The van der Waals surface area contributed by atoms with E-state index in [0.717, 1.165) is 10.6 Å². The maximum Gasteiger partial charge on any atom is 0.135 e. The molecule has 0 aliphatic heterocycles. The first-order valence-electron chi connectivity index (χ1n) is 6.32. The maximum atomic E-state index is 11.2.